The maximum Gasteiger partial charge on any atom is 0.161 e. The lowest BCUT2D eigenvalue weighted by atomic mass is 9.56. The molecule has 0 bridgehead atoms. The van der Waals surface area contributed by atoms with Gasteiger partial charge in [0.25, 0.3) is 0 Å². The fraction of sp³-hybridized carbons (Fsp3) is 0.600. The van der Waals surface area contributed by atoms with Crippen LogP contribution in [0, 0.1) is 5.41 Å². The molecule has 3 nitrogen and oxygen atoms in total. The van der Waals surface area contributed by atoms with E-state index in [-0.39, 0.29) is 0 Å². The van der Waals surface area contributed by atoms with Crippen LogP contribution < -0.4 is 14.8 Å². The second kappa shape index (κ2) is 4.16. The Balaban J connectivity index is 1.86. The van der Waals surface area contributed by atoms with E-state index in [1.165, 1.54) is 12.0 Å². The van der Waals surface area contributed by atoms with Crippen LogP contribution in [-0.4, -0.2) is 26.3 Å². The van der Waals surface area contributed by atoms with Gasteiger partial charge in [0, 0.05) is 6.04 Å². The van der Waals surface area contributed by atoms with Gasteiger partial charge in [-0.25, -0.2) is 0 Å². The Bertz CT molecular complexity index is 456. The maximum absolute atomic E-state index is 5.66. The largest absolute Gasteiger partial charge is 0.486 e. The third kappa shape index (κ3) is 1.69. The predicted octanol–water partition coefficient (Wildman–Crippen LogP) is 2.56. The van der Waals surface area contributed by atoms with Crippen LogP contribution in [0.4, 0.5) is 0 Å². The van der Waals surface area contributed by atoms with Crippen molar-refractivity contribution >= 4 is 0 Å². The Labute approximate surface area is 108 Å². The Hall–Kier alpha value is -1.22. The molecule has 1 fully saturated rings. The summed E-state index contributed by atoms with van der Waals surface area (Å²) < 4.78 is 11.2. The molecule has 0 spiro atoms. The SMILES string of the molecule is CNC1CC(c2ccc3c(c2)OCCO3)C1(C)C. The summed E-state index contributed by atoms with van der Waals surface area (Å²) in [6.45, 7) is 5.98. The smallest absolute Gasteiger partial charge is 0.161 e. The van der Waals surface area contributed by atoms with Gasteiger partial charge in [0.15, 0.2) is 11.5 Å². The van der Waals surface area contributed by atoms with E-state index in [1.54, 1.807) is 0 Å². The molecule has 1 saturated carbocycles. The van der Waals surface area contributed by atoms with Crippen molar-refractivity contribution in [2.45, 2.75) is 32.2 Å². The summed E-state index contributed by atoms with van der Waals surface area (Å²) in [5.41, 5.74) is 1.68. The second-order valence-electron chi connectivity index (χ2n) is 5.85. The standard InChI is InChI=1S/C15H21NO2/c1-15(2)11(9-14(15)16-3)10-4-5-12-13(8-10)18-7-6-17-12/h4-5,8,11,14,16H,6-7,9H2,1-3H3. The molecule has 0 amide bonds. The van der Waals surface area contributed by atoms with Crippen LogP contribution in [0.5, 0.6) is 11.5 Å². The van der Waals surface area contributed by atoms with Gasteiger partial charge in [-0.2, -0.15) is 0 Å². The summed E-state index contributed by atoms with van der Waals surface area (Å²) in [5, 5.41) is 3.40. The first kappa shape index (κ1) is 11.8. The first-order chi connectivity index (χ1) is 8.63. The third-order valence-corrected chi connectivity index (χ3v) is 4.58. The molecule has 98 valence electrons. The van der Waals surface area contributed by atoms with Gasteiger partial charge in [-0.15, -0.1) is 0 Å². The second-order valence-corrected chi connectivity index (χ2v) is 5.85. The molecule has 1 N–H and O–H groups in total. The Morgan fingerprint density at radius 2 is 1.89 bits per heavy atom. The quantitative estimate of drug-likeness (QED) is 0.871. The van der Waals surface area contributed by atoms with Gasteiger partial charge in [-0.1, -0.05) is 19.9 Å². The lowest BCUT2D eigenvalue weighted by Gasteiger charge is -2.52. The topological polar surface area (TPSA) is 30.5 Å². The highest BCUT2D eigenvalue weighted by molar-refractivity contribution is 5.46. The Morgan fingerprint density at radius 1 is 1.17 bits per heavy atom. The van der Waals surface area contributed by atoms with E-state index >= 15 is 0 Å². The average molecular weight is 247 g/mol. The Morgan fingerprint density at radius 3 is 2.56 bits per heavy atom. The highest BCUT2D eigenvalue weighted by atomic mass is 16.6. The fourth-order valence-electron chi connectivity index (χ4n) is 3.26. The van der Waals surface area contributed by atoms with Crippen molar-refractivity contribution in [1.82, 2.24) is 5.32 Å². The molecule has 1 aliphatic heterocycles. The first-order valence-corrected chi connectivity index (χ1v) is 6.69. The lowest BCUT2D eigenvalue weighted by molar-refractivity contribution is 0.0746. The summed E-state index contributed by atoms with van der Waals surface area (Å²) >= 11 is 0. The minimum atomic E-state index is 0.304. The fourth-order valence-corrected chi connectivity index (χ4v) is 3.26. The molecule has 1 aromatic carbocycles. The van der Waals surface area contributed by atoms with E-state index in [9.17, 15) is 0 Å². The van der Waals surface area contributed by atoms with Crippen molar-refractivity contribution in [1.29, 1.82) is 0 Å². The number of fused-ring (bicyclic) bond motifs is 1. The predicted molar refractivity (Wildman–Crippen MR) is 71.4 cm³/mol. The molecule has 1 aliphatic carbocycles. The van der Waals surface area contributed by atoms with Gasteiger partial charge >= 0.3 is 0 Å². The van der Waals surface area contributed by atoms with E-state index in [0.29, 0.717) is 30.6 Å². The van der Waals surface area contributed by atoms with Crippen LogP contribution in [0.3, 0.4) is 0 Å². The highest BCUT2D eigenvalue weighted by Gasteiger charge is 2.47. The molecule has 3 heteroatoms. The normalized spacial score (nSPS) is 28.6. The molecule has 2 unspecified atom stereocenters. The van der Waals surface area contributed by atoms with E-state index in [1.807, 2.05) is 13.1 Å². The molecule has 2 atom stereocenters. The summed E-state index contributed by atoms with van der Waals surface area (Å²) in [7, 11) is 2.05. The van der Waals surface area contributed by atoms with Gasteiger partial charge in [-0.05, 0) is 42.5 Å². The average Bonchev–Trinajstić information content (AvgIpc) is 2.38. The van der Waals surface area contributed by atoms with Gasteiger partial charge < -0.3 is 14.8 Å². The summed E-state index contributed by atoms with van der Waals surface area (Å²) in [5.74, 6) is 2.39. The summed E-state index contributed by atoms with van der Waals surface area (Å²) in [6, 6.07) is 7.00. The van der Waals surface area contributed by atoms with Gasteiger partial charge in [0.05, 0.1) is 0 Å². The summed E-state index contributed by atoms with van der Waals surface area (Å²) in [4.78, 5) is 0. The molecule has 0 radical (unpaired) electrons. The van der Waals surface area contributed by atoms with Gasteiger partial charge in [0.1, 0.15) is 13.2 Å². The number of hydrogen-bond donors (Lipinski definition) is 1. The van der Waals surface area contributed by atoms with E-state index in [0.717, 1.165) is 11.5 Å². The van der Waals surface area contributed by atoms with E-state index in [4.69, 9.17) is 9.47 Å². The van der Waals surface area contributed by atoms with Crippen LogP contribution in [0.1, 0.15) is 31.7 Å². The van der Waals surface area contributed by atoms with Crippen molar-refractivity contribution in [2.24, 2.45) is 5.41 Å². The van der Waals surface area contributed by atoms with Gasteiger partial charge in [-0.3, -0.25) is 0 Å². The number of benzene rings is 1. The minimum absolute atomic E-state index is 0.304. The monoisotopic (exact) mass is 247 g/mol. The van der Waals surface area contributed by atoms with Crippen LogP contribution in [0.25, 0.3) is 0 Å². The molecule has 0 saturated heterocycles. The van der Waals surface area contributed by atoms with Crippen LogP contribution >= 0.6 is 0 Å². The first-order valence-electron chi connectivity index (χ1n) is 6.69. The van der Waals surface area contributed by atoms with Crippen molar-refractivity contribution in [2.75, 3.05) is 20.3 Å². The van der Waals surface area contributed by atoms with Crippen LogP contribution in [0.2, 0.25) is 0 Å². The van der Waals surface area contributed by atoms with Crippen molar-refractivity contribution < 1.29 is 9.47 Å². The third-order valence-electron chi connectivity index (χ3n) is 4.58. The van der Waals surface area contributed by atoms with E-state index in [2.05, 4.69) is 31.3 Å². The van der Waals surface area contributed by atoms with Crippen molar-refractivity contribution in [3.8, 4) is 11.5 Å². The zero-order valence-electron chi connectivity index (χ0n) is 11.3. The minimum Gasteiger partial charge on any atom is -0.486 e. The molecule has 2 aliphatic rings. The van der Waals surface area contributed by atoms with Crippen LogP contribution in [-0.2, 0) is 0 Å². The number of nitrogens with one attached hydrogen (secondary N) is 1. The van der Waals surface area contributed by atoms with E-state index < -0.39 is 0 Å². The maximum atomic E-state index is 5.66. The lowest BCUT2D eigenvalue weighted by Crippen LogP contribution is -2.54. The molecule has 0 aromatic heterocycles. The van der Waals surface area contributed by atoms with Crippen molar-refractivity contribution in [3.05, 3.63) is 23.8 Å². The molecule has 1 aromatic rings. The zero-order valence-corrected chi connectivity index (χ0v) is 11.3. The summed E-state index contributed by atoms with van der Waals surface area (Å²) in [6.07, 6.45) is 1.20. The number of rotatable bonds is 2. The van der Waals surface area contributed by atoms with Gasteiger partial charge in [0.2, 0.25) is 0 Å². The zero-order chi connectivity index (χ0) is 12.8. The highest BCUT2D eigenvalue weighted by Crippen LogP contribution is 2.53. The van der Waals surface area contributed by atoms with Crippen molar-refractivity contribution in [3.63, 3.8) is 0 Å². The Kier molecular flexibility index (Phi) is 2.74. The molecular formula is C15H21NO2. The number of hydrogen-bond acceptors (Lipinski definition) is 3. The van der Waals surface area contributed by atoms with Crippen LogP contribution in [0.15, 0.2) is 18.2 Å². The molecular weight excluding hydrogens is 226 g/mol. The molecule has 3 rings (SSSR count). The molecule has 1 heterocycles. The molecule has 18 heavy (non-hydrogen) atoms. The number of ether oxygens (including phenoxy) is 2.